The number of aliphatic hydroxyl groups is 3. The molecule has 15 heteroatoms. The van der Waals surface area contributed by atoms with Crippen LogP contribution in [0, 0.1) is 0 Å². The maximum atomic E-state index is 9.55. The van der Waals surface area contributed by atoms with Crippen LogP contribution in [0.5, 0.6) is 0 Å². The lowest BCUT2D eigenvalue weighted by atomic mass is 9.84. The summed E-state index contributed by atoms with van der Waals surface area (Å²) in [6, 6.07) is 3.50. The monoisotopic (exact) mass is 638 g/mol. The molecule has 2 aliphatic heterocycles. The third-order valence-corrected chi connectivity index (χ3v) is 7.32. The Hall–Kier alpha value is -1.93. The van der Waals surface area contributed by atoms with Crippen molar-refractivity contribution in [3.8, 4) is 0 Å². The largest absolute Gasteiger partial charge is 0.437 e. The van der Waals surface area contributed by atoms with Gasteiger partial charge in [-0.25, -0.2) is 9.97 Å². The number of halogens is 2. The van der Waals surface area contributed by atoms with Crippen molar-refractivity contribution in [2.45, 2.75) is 46.1 Å². The van der Waals surface area contributed by atoms with Gasteiger partial charge in [0, 0.05) is 70.3 Å². The first-order valence-electron chi connectivity index (χ1n) is 14.4. The SMILES string of the molecule is C=Cc1cnc(N2CCN(B(C)O)CC2)c(Cl)c1.CB(O)N1CCN(c2ncc([C@H](O)CO)cc2Cl)CC1.CC(C)(C)O. The molecule has 0 radical (unpaired) electrons. The molecular weight excluding hydrogens is 593 g/mol. The third kappa shape index (κ3) is 12.5. The van der Waals surface area contributed by atoms with E-state index in [1.807, 2.05) is 15.7 Å². The zero-order valence-corrected chi connectivity index (χ0v) is 27.4. The number of pyridine rings is 2. The Morgan fingerprint density at radius 1 is 0.860 bits per heavy atom. The Labute approximate surface area is 266 Å². The molecule has 0 aliphatic carbocycles. The first-order chi connectivity index (χ1) is 20.1. The molecule has 0 amide bonds. The van der Waals surface area contributed by atoms with Gasteiger partial charge in [-0.15, -0.1) is 0 Å². The summed E-state index contributed by atoms with van der Waals surface area (Å²) in [7, 11) is -0.832. The van der Waals surface area contributed by atoms with Crippen LogP contribution in [0.4, 0.5) is 11.6 Å². The number of rotatable bonds is 7. The number of aromatic nitrogens is 2. The summed E-state index contributed by atoms with van der Waals surface area (Å²) in [5.74, 6) is 1.48. The molecule has 2 aromatic rings. The summed E-state index contributed by atoms with van der Waals surface area (Å²) in [6.07, 6.45) is 4.08. The fraction of sp³-hybridized carbons (Fsp3) is 0.571. The first kappa shape index (κ1) is 37.3. The molecule has 0 unspecified atom stereocenters. The van der Waals surface area contributed by atoms with Gasteiger partial charge in [0.1, 0.15) is 17.7 Å². The van der Waals surface area contributed by atoms with Crippen LogP contribution >= 0.6 is 23.2 Å². The van der Waals surface area contributed by atoms with E-state index in [0.717, 1.165) is 63.7 Å². The van der Waals surface area contributed by atoms with Gasteiger partial charge in [-0.05, 0) is 52.1 Å². The molecule has 0 bridgehead atoms. The fourth-order valence-corrected chi connectivity index (χ4v) is 4.96. The summed E-state index contributed by atoms with van der Waals surface area (Å²) in [6.45, 7) is 18.4. The van der Waals surface area contributed by atoms with Crippen molar-refractivity contribution in [2.24, 2.45) is 0 Å². The predicted octanol–water partition coefficient (Wildman–Crippen LogP) is 2.38. The molecule has 5 N–H and O–H groups in total. The van der Waals surface area contributed by atoms with Crippen LogP contribution in [0.3, 0.4) is 0 Å². The van der Waals surface area contributed by atoms with E-state index in [1.54, 1.807) is 52.8 Å². The zero-order chi connectivity index (χ0) is 32.3. The van der Waals surface area contributed by atoms with Gasteiger partial charge in [-0.1, -0.05) is 35.9 Å². The topological polar surface area (TPSA) is 140 Å². The van der Waals surface area contributed by atoms with Crippen LogP contribution in [0.1, 0.15) is 38.0 Å². The van der Waals surface area contributed by atoms with Crippen molar-refractivity contribution < 1.29 is 25.4 Å². The summed E-state index contributed by atoms with van der Waals surface area (Å²) in [5, 5.41) is 47.1. The minimum absolute atomic E-state index is 0.357. The highest BCUT2D eigenvalue weighted by Gasteiger charge is 2.25. The van der Waals surface area contributed by atoms with Crippen molar-refractivity contribution in [1.82, 2.24) is 19.6 Å². The normalized spacial score (nSPS) is 16.8. The zero-order valence-electron chi connectivity index (χ0n) is 25.9. The van der Waals surface area contributed by atoms with Gasteiger partial charge >= 0.3 is 14.1 Å². The lowest BCUT2D eigenvalue weighted by Gasteiger charge is -2.36. The highest BCUT2D eigenvalue weighted by molar-refractivity contribution is 6.45. The quantitative estimate of drug-likeness (QED) is 0.286. The van der Waals surface area contributed by atoms with Gasteiger partial charge in [0.05, 0.1) is 22.3 Å². The van der Waals surface area contributed by atoms with Crippen molar-refractivity contribution >= 4 is 55.0 Å². The summed E-state index contributed by atoms with van der Waals surface area (Å²) < 4.78 is 0. The Morgan fingerprint density at radius 2 is 1.26 bits per heavy atom. The maximum Gasteiger partial charge on any atom is 0.376 e. The van der Waals surface area contributed by atoms with Crippen molar-refractivity contribution in [3.63, 3.8) is 0 Å². The van der Waals surface area contributed by atoms with E-state index in [2.05, 4.69) is 26.3 Å². The molecule has 0 aromatic carbocycles. The summed E-state index contributed by atoms with van der Waals surface area (Å²) in [5.41, 5.74) is 0.926. The molecule has 11 nitrogen and oxygen atoms in total. The minimum atomic E-state index is -0.957. The van der Waals surface area contributed by atoms with Crippen LogP contribution in [-0.2, 0) is 0 Å². The van der Waals surface area contributed by atoms with Crippen LogP contribution < -0.4 is 9.80 Å². The number of hydrogen-bond acceptors (Lipinski definition) is 11. The lowest BCUT2D eigenvalue weighted by Crippen LogP contribution is -2.51. The average molecular weight is 639 g/mol. The second-order valence-corrected chi connectivity index (χ2v) is 12.3. The van der Waals surface area contributed by atoms with Crippen LogP contribution in [0.25, 0.3) is 6.08 Å². The van der Waals surface area contributed by atoms with E-state index < -0.39 is 25.8 Å². The van der Waals surface area contributed by atoms with Crippen molar-refractivity contribution in [1.29, 1.82) is 0 Å². The molecule has 0 saturated carbocycles. The molecule has 1 atom stereocenters. The Morgan fingerprint density at radius 3 is 1.58 bits per heavy atom. The molecule has 4 rings (SSSR count). The van der Waals surface area contributed by atoms with E-state index in [4.69, 9.17) is 33.4 Å². The Balaban J connectivity index is 0.000000261. The Kier molecular flexibility index (Phi) is 15.2. The smallest absolute Gasteiger partial charge is 0.376 e. The van der Waals surface area contributed by atoms with E-state index in [9.17, 15) is 15.2 Å². The van der Waals surface area contributed by atoms with Gasteiger partial charge in [-0.2, -0.15) is 0 Å². The van der Waals surface area contributed by atoms with Crippen molar-refractivity contribution in [2.75, 3.05) is 68.8 Å². The number of anilines is 2. The molecule has 2 fully saturated rings. The van der Waals surface area contributed by atoms with Gasteiger partial charge < -0.3 is 44.8 Å². The van der Waals surface area contributed by atoms with Crippen LogP contribution in [0.2, 0.25) is 23.7 Å². The van der Waals surface area contributed by atoms with Gasteiger partial charge in [0.2, 0.25) is 0 Å². The van der Waals surface area contributed by atoms with E-state index in [1.165, 1.54) is 6.20 Å². The number of aliphatic hydroxyl groups excluding tert-OH is 2. The third-order valence-electron chi connectivity index (χ3n) is 6.76. The summed E-state index contributed by atoms with van der Waals surface area (Å²) in [4.78, 5) is 16.9. The van der Waals surface area contributed by atoms with Crippen LogP contribution in [-0.4, -0.2) is 124 Å². The molecular formula is C28H46B2Cl2N6O5. The first-order valence-corrected chi connectivity index (χ1v) is 15.2. The van der Waals surface area contributed by atoms with Crippen molar-refractivity contribution in [3.05, 3.63) is 52.3 Å². The lowest BCUT2D eigenvalue weighted by molar-refractivity contribution is 0.0953. The van der Waals surface area contributed by atoms with E-state index >= 15 is 0 Å². The highest BCUT2D eigenvalue weighted by Crippen LogP contribution is 2.28. The highest BCUT2D eigenvalue weighted by atomic mass is 35.5. The van der Waals surface area contributed by atoms with Crippen LogP contribution in [0.15, 0.2) is 31.1 Å². The second-order valence-electron chi connectivity index (χ2n) is 11.5. The van der Waals surface area contributed by atoms with Gasteiger partial charge in [0.25, 0.3) is 0 Å². The van der Waals surface area contributed by atoms with Gasteiger partial charge in [0.15, 0.2) is 0 Å². The number of piperazine rings is 2. The molecule has 2 aromatic heterocycles. The molecule has 0 spiro atoms. The predicted molar refractivity (Wildman–Crippen MR) is 178 cm³/mol. The molecule has 238 valence electrons. The fourth-order valence-electron chi connectivity index (χ4n) is 4.37. The van der Waals surface area contributed by atoms with E-state index in [0.29, 0.717) is 21.4 Å². The molecule has 2 saturated heterocycles. The Bertz CT molecular complexity index is 1140. The minimum Gasteiger partial charge on any atom is -0.437 e. The molecule has 2 aliphatic rings. The van der Waals surface area contributed by atoms with Gasteiger partial charge in [-0.3, -0.25) is 0 Å². The number of hydrogen-bond donors (Lipinski definition) is 5. The maximum absolute atomic E-state index is 9.55. The average Bonchev–Trinajstić information content (AvgIpc) is 2.96. The van der Waals surface area contributed by atoms with E-state index in [-0.39, 0.29) is 6.61 Å². The molecule has 4 heterocycles. The number of nitrogens with zero attached hydrogens (tertiary/aromatic N) is 6. The second kappa shape index (κ2) is 17.5. The molecule has 43 heavy (non-hydrogen) atoms. The standard InChI is InChI=1S/C12H19BClN3O3.C12H17BClN3O.C4H10O/c1-13(20)17-4-2-16(3-5-17)12-10(14)6-9(7-15-12)11(19)8-18;1-3-10-8-11(14)12(15-9-10)16-4-6-17(7-5-16)13(2)18;1-4(2,3)5/h6-7,11,18-20H,2-5,8H2,1H3;3,8-9,18H,1,4-7H2,2H3;5H,1-3H3/t11-;;/m1../s1. The summed E-state index contributed by atoms with van der Waals surface area (Å²) >= 11 is 12.4.